The van der Waals surface area contributed by atoms with Crippen LogP contribution >= 0.6 is 11.8 Å². The van der Waals surface area contributed by atoms with Crippen molar-refractivity contribution in [2.45, 2.75) is 24.8 Å². The first kappa shape index (κ1) is 10.1. The molecule has 2 N–H and O–H groups in total. The summed E-state index contributed by atoms with van der Waals surface area (Å²) in [5.74, 6) is 1.24. The van der Waals surface area contributed by atoms with Crippen LogP contribution in [0.15, 0.2) is 24.3 Å². The van der Waals surface area contributed by atoms with Gasteiger partial charge >= 0.3 is 0 Å². The summed E-state index contributed by atoms with van der Waals surface area (Å²) in [6, 6.07) is 8.64. The molecule has 0 spiro atoms. The summed E-state index contributed by atoms with van der Waals surface area (Å²) in [6.45, 7) is 0.673. The fraction of sp³-hybridized carbons (Fsp3) is 0.500. The van der Waals surface area contributed by atoms with Crippen LogP contribution in [-0.4, -0.2) is 12.0 Å². The van der Waals surface area contributed by atoms with Crippen LogP contribution in [-0.2, 0) is 12.0 Å². The van der Waals surface area contributed by atoms with Crippen LogP contribution in [0.1, 0.15) is 24.0 Å². The van der Waals surface area contributed by atoms with Gasteiger partial charge in [-0.2, -0.15) is 11.8 Å². The van der Waals surface area contributed by atoms with Gasteiger partial charge in [0.05, 0.1) is 0 Å². The summed E-state index contributed by atoms with van der Waals surface area (Å²) in [5, 5.41) is 0. The molecule has 1 aliphatic rings. The van der Waals surface area contributed by atoms with Crippen LogP contribution in [0.2, 0.25) is 0 Å². The molecular weight excluding hydrogens is 190 g/mol. The van der Waals surface area contributed by atoms with Crippen LogP contribution in [0.25, 0.3) is 0 Å². The van der Waals surface area contributed by atoms with E-state index >= 15 is 0 Å². The number of rotatable bonds is 4. The average molecular weight is 207 g/mol. The van der Waals surface area contributed by atoms with Crippen molar-refractivity contribution >= 4 is 11.8 Å². The molecule has 1 aliphatic carbocycles. The van der Waals surface area contributed by atoms with Gasteiger partial charge in [-0.15, -0.1) is 0 Å². The van der Waals surface area contributed by atoms with E-state index in [-0.39, 0.29) is 0 Å². The molecule has 1 aromatic rings. The van der Waals surface area contributed by atoms with Crippen LogP contribution in [0.3, 0.4) is 0 Å². The van der Waals surface area contributed by atoms with E-state index in [4.69, 9.17) is 5.73 Å². The minimum absolute atomic E-state index is 0.468. The lowest BCUT2D eigenvalue weighted by atomic mass is 9.93. The Labute approximate surface area is 90.1 Å². The van der Waals surface area contributed by atoms with Gasteiger partial charge in [-0.05, 0) is 30.2 Å². The fourth-order valence-corrected chi connectivity index (χ4v) is 3.13. The number of benzene rings is 1. The zero-order chi connectivity index (χ0) is 10.0. The first-order chi connectivity index (χ1) is 6.82. The molecule has 0 unspecified atom stereocenters. The highest BCUT2D eigenvalue weighted by molar-refractivity contribution is 7.98. The third-order valence-electron chi connectivity index (χ3n) is 3.08. The summed E-state index contributed by atoms with van der Waals surface area (Å²) in [4.78, 5) is 0. The van der Waals surface area contributed by atoms with Crippen molar-refractivity contribution in [2.24, 2.45) is 5.73 Å². The van der Waals surface area contributed by atoms with Crippen molar-refractivity contribution in [3.63, 3.8) is 0 Å². The van der Waals surface area contributed by atoms with Crippen LogP contribution in [0.4, 0.5) is 0 Å². The second-order valence-corrected chi connectivity index (χ2v) is 4.94. The first-order valence-corrected chi connectivity index (χ1v) is 6.49. The van der Waals surface area contributed by atoms with E-state index in [1.165, 1.54) is 29.7 Å². The Hall–Kier alpha value is -0.470. The standard InChI is InChI=1S/C12H17NS/c1-14-9-12(6-7-12)11-5-3-2-4-10(11)8-13/h2-5H,6-9,13H2,1H3. The second-order valence-electron chi connectivity index (χ2n) is 4.07. The Morgan fingerprint density at radius 2 is 2.07 bits per heavy atom. The summed E-state index contributed by atoms with van der Waals surface area (Å²) in [7, 11) is 0. The zero-order valence-electron chi connectivity index (χ0n) is 8.62. The van der Waals surface area contributed by atoms with Crippen LogP contribution < -0.4 is 5.73 Å². The van der Waals surface area contributed by atoms with Gasteiger partial charge in [0.25, 0.3) is 0 Å². The van der Waals surface area contributed by atoms with Gasteiger partial charge in [0.15, 0.2) is 0 Å². The van der Waals surface area contributed by atoms with Crippen molar-refractivity contribution < 1.29 is 0 Å². The van der Waals surface area contributed by atoms with Gasteiger partial charge in [-0.25, -0.2) is 0 Å². The van der Waals surface area contributed by atoms with Crippen molar-refractivity contribution in [2.75, 3.05) is 12.0 Å². The van der Waals surface area contributed by atoms with Crippen molar-refractivity contribution in [3.8, 4) is 0 Å². The molecule has 0 radical (unpaired) electrons. The molecule has 0 bridgehead atoms. The predicted octanol–water partition coefficient (Wildman–Crippen LogP) is 2.54. The molecule has 1 saturated carbocycles. The molecule has 14 heavy (non-hydrogen) atoms. The molecule has 0 amide bonds. The summed E-state index contributed by atoms with van der Waals surface area (Å²) < 4.78 is 0. The second kappa shape index (κ2) is 3.95. The molecule has 0 aromatic heterocycles. The lowest BCUT2D eigenvalue weighted by Gasteiger charge is -2.17. The SMILES string of the molecule is CSCC1(c2ccccc2CN)CC1. The highest BCUT2D eigenvalue weighted by Crippen LogP contribution is 2.50. The maximum Gasteiger partial charge on any atom is 0.0181 e. The van der Waals surface area contributed by atoms with E-state index in [0.717, 1.165) is 0 Å². The number of hydrogen-bond donors (Lipinski definition) is 1. The molecule has 0 heterocycles. The molecule has 0 aliphatic heterocycles. The summed E-state index contributed by atoms with van der Waals surface area (Å²) >= 11 is 1.94. The smallest absolute Gasteiger partial charge is 0.0181 e. The highest BCUT2D eigenvalue weighted by atomic mass is 32.2. The molecular formula is C12H17NS. The lowest BCUT2D eigenvalue weighted by Crippen LogP contribution is -2.14. The third kappa shape index (κ3) is 1.69. The Bertz CT molecular complexity index is 318. The van der Waals surface area contributed by atoms with E-state index in [2.05, 4.69) is 30.5 Å². The van der Waals surface area contributed by atoms with Gasteiger partial charge in [-0.3, -0.25) is 0 Å². The first-order valence-electron chi connectivity index (χ1n) is 5.10. The Morgan fingerprint density at radius 3 is 2.64 bits per heavy atom. The largest absolute Gasteiger partial charge is 0.326 e. The van der Waals surface area contributed by atoms with E-state index in [1.54, 1.807) is 0 Å². The molecule has 0 saturated heterocycles. The quantitative estimate of drug-likeness (QED) is 0.821. The molecule has 2 heteroatoms. The third-order valence-corrected chi connectivity index (χ3v) is 3.92. The van der Waals surface area contributed by atoms with E-state index in [9.17, 15) is 0 Å². The minimum atomic E-state index is 0.468. The average Bonchev–Trinajstić information content (AvgIpc) is 2.99. The van der Waals surface area contributed by atoms with Crippen molar-refractivity contribution in [1.82, 2.24) is 0 Å². The molecule has 76 valence electrons. The van der Waals surface area contributed by atoms with Crippen molar-refractivity contribution in [3.05, 3.63) is 35.4 Å². The van der Waals surface area contributed by atoms with Gasteiger partial charge in [0, 0.05) is 17.7 Å². The van der Waals surface area contributed by atoms with Crippen LogP contribution in [0.5, 0.6) is 0 Å². The zero-order valence-corrected chi connectivity index (χ0v) is 9.44. The molecule has 2 rings (SSSR count). The lowest BCUT2D eigenvalue weighted by molar-refractivity contribution is 0.782. The highest BCUT2D eigenvalue weighted by Gasteiger charge is 2.44. The Balaban J connectivity index is 2.31. The number of thioether (sulfide) groups is 1. The topological polar surface area (TPSA) is 26.0 Å². The van der Waals surface area contributed by atoms with Gasteiger partial charge in [-0.1, -0.05) is 24.3 Å². The van der Waals surface area contributed by atoms with E-state index in [0.29, 0.717) is 12.0 Å². The molecule has 1 nitrogen and oxygen atoms in total. The normalized spacial score (nSPS) is 18.1. The Morgan fingerprint density at radius 1 is 1.36 bits per heavy atom. The van der Waals surface area contributed by atoms with Crippen LogP contribution in [0, 0.1) is 0 Å². The van der Waals surface area contributed by atoms with Crippen molar-refractivity contribution in [1.29, 1.82) is 0 Å². The summed E-state index contributed by atoms with van der Waals surface area (Å²) in [6.07, 6.45) is 4.86. The predicted molar refractivity (Wildman–Crippen MR) is 63.6 cm³/mol. The maximum absolute atomic E-state index is 5.76. The Kier molecular flexibility index (Phi) is 2.84. The van der Waals surface area contributed by atoms with E-state index in [1.807, 2.05) is 11.8 Å². The molecule has 1 fully saturated rings. The van der Waals surface area contributed by atoms with Gasteiger partial charge < -0.3 is 5.73 Å². The van der Waals surface area contributed by atoms with E-state index < -0.39 is 0 Å². The summed E-state index contributed by atoms with van der Waals surface area (Å²) in [5.41, 5.74) is 9.06. The molecule has 0 atom stereocenters. The monoisotopic (exact) mass is 207 g/mol. The number of nitrogens with two attached hydrogens (primary N) is 1. The minimum Gasteiger partial charge on any atom is -0.326 e. The fourth-order valence-electron chi connectivity index (χ4n) is 2.13. The van der Waals surface area contributed by atoms with Gasteiger partial charge in [0.2, 0.25) is 0 Å². The number of hydrogen-bond acceptors (Lipinski definition) is 2. The molecule has 1 aromatic carbocycles. The van der Waals surface area contributed by atoms with Gasteiger partial charge in [0.1, 0.15) is 0 Å². The maximum atomic E-state index is 5.76.